The van der Waals surface area contributed by atoms with Gasteiger partial charge in [-0.25, -0.2) is 0 Å². The zero-order chi connectivity index (χ0) is 24.5. The number of benzene rings is 3. The molecule has 0 aromatic heterocycles. The average molecular weight is 456 g/mol. The summed E-state index contributed by atoms with van der Waals surface area (Å²) in [7, 11) is 1.34. The first-order valence-electron chi connectivity index (χ1n) is 11.0. The van der Waals surface area contributed by atoms with E-state index in [0.717, 1.165) is 16.7 Å². The fourth-order valence-corrected chi connectivity index (χ4v) is 3.75. The lowest BCUT2D eigenvalue weighted by Crippen LogP contribution is -2.43. The van der Waals surface area contributed by atoms with Crippen LogP contribution >= 0.6 is 0 Å². The van der Waals surface area contributed by atoms with Gasteiger partial charge in [-0.1, -0.05) is 78.9 Å². The Morgan fingerprint density at radius 3 is 2.41 bits per heavy atom. The van der Waals surface area contributed by atoms with Gasteiger partial charge in [-0.2, -0.15) is 0 Å². The first-order valence-corrected chi connectivity index (χ1v) is 11.0. The minimum Gasteiger partial charge on any atom is -0.469 e. The third-order valence-corrected chi connectivity index (χ3v) is 5.61. The Hall–Kier alpha value is -4.19. The molecule has 1 amide bonds. The van der Waals surface area contributed by atoms with Gasteiger partial charge in [-0.05, 0) is 42.2 Å². The fraction of sp³-hybridized carbons (Fsp3) is 0.179. The minimum absolute atomic E-state index is 0.0511. The second kappa shape index (κ2) is 11.6. The number of ether oxygens (including phenoxy) is 1. The van der Waals surface area contributed by atoms with Gasteiger partial charge >= 0.3 is 5.97 Å². The molecule has 0 saturated heterocycles. The molecule has 6 heteroatoms. The lowest BCUT2D eigenvalue weighted by Gasteiger charge is -2.24. The van der Waals surface area contributed by atoms with E-state index >= 15 is 0 Å². The molecule has 0 saturated carbocycles. The molecule has 3 aromatic rings. The molecule has 2 atom stereocenters. The van der Waals surface area contributed by atoms with Crippen molar-refractivity contribution in [1.82, 2.24) is 5.32 Å². The Morgan fingerprint density at radius 2 is 1.74 bits per heavy atom. The summed E-state index contributed by atoms with van der Waals surface area (Å²) in [4.78, 5) is 26.1. The monoisotopic (exact) mass is 455 g/mol. The van der Waals surface area contributed by atoms with Gasteiger partial charge in [0, 0.05) is 11.1 Å². The number of amides is 1. The van der Waals surface area contributed by atoms with Crippen molar-refractivity contribution in [2.24, 2.45) is 11.7 Å². The van der Waals surface area contributed by atoms with Crippen LogP contribution in [0, 0.1) is 18.3 Å². The summed E-state index contributed by atoms with van der Waals surface area (Å²) < 4.78 is 5.12. The molecule has 4 N–H and O–H groups in total. The summed E-state index contributed by atoms with van der Waals surface area (Å²) in [5.74, 6) is -1.46. The number of nitrogen functional groups attached to an aromatic ring is 1. The topological polar surface area (TPSA) is 105 Å². The van der Waals surface area contributed by atoms with Gasteiger partial charge in [0.2, 0.25) is 0 Å². The number of nitrogens with one attached hydrogen (secondary N) is 2. The summed E-state index contributed by atoms with van der Waals surface area (Å²) in [6.07, 6.45) is 4.00. The van der Waals surface area contributed by atoms with Crippen LogP contribution in [0.5, 0.6) is 0 Å². The van der Waals surface area contributed by atoms with Crippen LogP contribution in [0.1, 0.15) is 32.6 Å². The fourth-order valence-electron chi connectivity index (χ4n) is 3.75. The number of carbonyl (C=O) groups is 2. The highest BCUT2D eigenvalue weighted by Crippen LogP contribution is 2.19. The largest absolute Gasteiger partial charge is 0.469 e. The maximum Gasteiger partial charge on any atom is 0.311 e. The van der Waals surface area contributed by atoms with Gasteiger partial charge in [0.15, 0.2) is 0 Å². The molecule has 3 aromatic carbocycles. The summed E-state index contributed by atoms with van der Waals surface area (Å²) in [5.41, 5.74) is 9.35. The van der Waals surface area contributed by atoms with Crippen molar-refractivity contribution in [2.45, 2.75) is 19.4 Å². The number of amidine groups is 1. The SMILES string of the molecule is COC(=O)[C@@H](Cc1cccc(C(=N)N)c1)[C@H](/C=C/c1ccccc1)NC(=O)c1ccccc1C. The molecule has 0 aliphatic carbocycles. The van der Waals surface area contributed by atoms with Crippen molar-refractivity contribution < 1.29 is 14.3 Å². The van der Waals surface area contributed by atoms with Crippen molar-refractivity contribution in [3.63, 3.8) is 0 Å². The number of carbonyl (C=O) groups excluding carboxylic acids is 2. The van der Waals surface area contributed by atoms with Gasteiger partial charge < -0.3 is 15.8 Å². The highest BCUT2D eigenvalue weighted by atomic mass is 16.5. The van der Waals surface area contributed by atoms with Crippen LogP contribution in [0.25, 0.3) is 6.08 Å². The first-order chi connectivity index (χ1) is 16.4. The third kappa shape index (κ3) is 6.42. The Labute approximate surface area is 200 Å². The summed E-state index contributed by atoms with van der Waals surface area (Å²) in [5, 5.41) is 10.7. The van der Waals surface area contributed by atoms with E-state index in [2.05, 4.69) is 5.32 Å². The second-order valence-electron chi connectivity index (χ2n) is 8.03. The van der Waals surface area contributed by atoms with Crippen LogP contribution in [-0.4, -0.2) is 30.9 Å². The molecular formula is C28H29N3O3. The maximum atomic E-state index is 13.2. The third-order valence-electron chi connectivity index (χ3n) is 5.61. The van der Waals surface area contributed by atoms with E-state index in [9.17, 15) is 9.59 Å². The van der Waals surface area contributed by atoms with E-state index in [1.165, 1.54) is 7.11 Å². The molecule has 34 heavy (non-hydrogen) atoms. The number of methoxy groups -OCH3 is 1. The van der Waals surface area contributed by atoms with Crippen molar-refractivity contribution in [3.8, 4) is 0 Å². The molecule has 0 unspecified atom stereocenters. The number of esters is 1. The lowest BCUT2D eigenvalue weighted by atomic mass is 9.90. The van der Waals surface area contributed by atoms with E-state index in [1.54, 1.807) is 24.3 Å². The van der Waals surface area contributed by atoms with Crippen LogP contribution in [-0.2, 0) is 16.0 Å². The molecule has 0 spiro atoms. The lowest BCUT2D eigenvalue weighted by molar-refractivity contribution is -0.145. The van der Waals surface area contributed by atoms with Crippen molar-refractivity contribution >= 4 is 23.8 Å². The number of hydrogen-bond donors (Lipinski definition) is 3. The van der Waals surface area contributed by atoms with E-state index < -0.39 is 17.9 Å². The molecule has 3 rings (SSSR count). The first kappa shape index (κ1) is 24.5. The Bertz CT molecular complexity index is 1190. The Balaban J connectivity index is 1.97. The van der Waals surface area contributed by atoms with Gasteiger partial charge in [-0.3, -0.25) is 15.0 Å². The van der Waals surface area contributed by atoms with Crippen molar-refractivity contribution in [3.05, 3.63) is 113 Å². The van der Waals surface area contributed by atoms with E-state index in [4.69, 9.17) is 15.9 Å². The second-order valence-corrected chi connectivity index (χ2v) is 8.03. The highest BCUT2D eigenvalue weighted by Gasteiger charge is 2.30. The van der Waals surface area contributed by atoms with Gasteiger partial charge in [-0.15, -0.1) is 0 Å². The Morgan fingerprint density at radius 1 is 1.03 bits per heavy atom. The standard InChI is InChI=1S/C28H29N3O3/c1-19-9-6-7-14-23(19)27(32)31-25(16-15-20-10-4-3-5-11-20)24(28(33)34-2)18-21-12-8-13-22(17-21)26(29)30/h3-17,24-25H,18H2,1-2H3,(H3,29,30)(H,31,32)/b16-15+/t24-,25-/m0/s1. The van der Waals surface area contributed by atoms with Gasteiger partial charge in [0.25, 0.3) is 5.91 Å². The zero-order valence-electron chi connectivity index (χ0n) is 19.3. The van der Waals surface area contributed by atoms with Crippen molar-refractivity contribution in [2.75, 3.05) is 7.11 Å². The van der Waals surface area contributed by atoms with Crippen LogP contribution < -0.4 is 11.1 Å². The molecule has 0 aliphatic heterocycles. The molecule has 0 fully saturated rings. The molecule has 0 heterocycles. The van der Waals surface area contributed by atoms with Crippen molar-refractivity contribution in [1.29, 1.82) is 5.41 Å². The average Bonchev–Trinajstić information content (AvgIpc) is 2.85. The van der Waals surface area contributed by atoms with Crippen LogP contribution in [0.4, 0.5) is 0 Å². The van der Waals surface area contributed by atoms with E-state index in [-0.39, 0.29) is 11.7 Å². The molecular weight excluding hydrogens is 426 g/mol. The maximum absolute atomic E-state index is 13.2. The number of nitrogens with two attached hydrogens (primary N) is 1. The smallest absolute Gasteiger partial charge is 0.311 e. The molecule has 0 bridgehead atoms. The Kier molecular flexibility index (Phi) is 8.35. The minimum atomic E-state index is -0.694. The predicted octanol–water partition coefficient (Wildman–Crippen LogP) is 4.12. The number of aryl methyl sites for hydroxylation is 1. The highest BCUT2D eigenvalue weighted by molar-refractivity contribution is 5.96. The zero-order valence-corrected chi connectivity index (χ0v) is 19.3. The van der Waals surface area contributed by atoms with Crippen LogP contribution in [0.15, 0.2) is 84.9 Å². The summed E-state index contributed by atoms with van der Waals surface area (Å²) in [6, 6.07) is 23.5. The molecule has 6 nitrogen and oxygen atoms in total. The quantitative estimate of drug-likeness (QED) is 0.256. The van der Waals surface area contributed by atoms with Gasteiger partial charge in [0.1, 0.15) is 5.84 Å². The molecule has 174 valence electrons. The number of rotatable bonds is 9. The van der Waals surface area contributed by atoms with E-state index in [0.29, 0.717) is 17.5 Å². The predicted molar refractivity (Wildman–Crippen MR) is 135 cm³/mol. The molecule has 0 aliphatic rings. The normalized spacial score (nSPS) is 12.6. The summed E-state index contributed by atoms with van der Waals surface area (Å²) >= 11 is 0. The summed E-state index contributed by atoms with van der Waals surface area (Å²) in [6.45, 7) is 1.87. The van der Waals surface area contributed by atoms with E-state index in [1.807, 2.05) is 73.7 Å². The molecule has 0 radical (unpaired) electrons. The van der Waals surface area contributed by atoms with Crippen LogP contribution in [0.3, 0.4) is 0 Å². The van der Waals surface area contributed by atoms with Crippen LogP contribution in [0.2, 0.25) is 0 Å². The van der Waals surface area contributed by atoms with Gasteiger partial charge in [0.05, 0.1) is 19.1 Å². The number of hydrogen-bond acceptors (Lipinski definition) is 4.